The highest BCUT2D eigenvalue weighted by atomic mass is 15.3. The van der Waals surface area contributed by atoms with Crippen LogP contribution in [0.1, 0.15) is 56.3 Å². The minimum atomic E-state index is 0.300. The molecule has 1 heterocycles. The Labute approximate surface area is 131 Å². The van der Waals surface area contributed by atoms with Gasteiger partial charge in [0.15, 0.2) is 0 Å². The maximum atomic E-state index is 9.16. The minimum Gasteiger partial charge on any atom is -0.399 e. The summed E-state index contributed by atoms with van der Waals surface area (Å²) in [6.07, 6.45) is 3.83. The molecule has 1 aromatic heterocycles. The van der Waals surface area contributed by atoms with Crippen LogP contribution in [-0.2, 0) is 6.42 Å². The predicted octanol–water partition coefficient (Wildman–Crippen LogP) is 4.05. The molecule has 3 rings (SSSR count). The Hall–Kier alpha value is -2.28. The van der Waals surface area contributed by atoms with Crippen LogP contribution in [0.25, 0.3) is 11.3 Å². The number of anilines is 1. The van der Waals surface area contributed by atoms with E-state index in [4.69, 9.17) is 16.1 Å². The van der Waals surface area contributed by atoms with Gasteiger partial charge in [0.25, 0.3) is 0 Å². The Bertz CT molecular complexity index is 704. The molecule has 0 aliphatic heterocycles. The number of hydrogen-bond acceptors (Lipinski definition) is 3. The van der Waals surface area contributed by atoms with E-state index < -0.39 is 0 Å². The van der Waals surface area contributed by atoms with Gasteiger partial charge >= 0.3 is 0 Å². The van der Waals surface area contributed by atoms with E-state index in [0.29, 0.717) is 18.4 Å². The van der Waals surface area contributed by atoms with Gasteiger partial charge in [-0.05, 0) is 45.2 Å². The van der Waals surface area contributed by atoms with Gasteiger partial charge in [0.1, 0.15) is 0 Å². The first-order chi connectivity index (χ1) is 10.6. The van der Waals surface area contributed by atoms with E-state index in [0.717, 1.165) is 36.2 Å². The molecule has 1 atom stereocenters. The van der Waals surface area contributed by atoms with Crippen LogP contribution in [0, 0.1) is 11.3 Å². The van der Waals surface area contributed by atoms with E-state index in [1.807, 2.05) is 24.3 Å². The number of aromatic nitrogens is 2. The Kier molecular flexibility index (Phi) is 3.89. The molecular formula is C18H22N4. The first-order valence-corrected chi connectivity index (χ1v) is 7.96. The maximum Gasteiger partial charge on any atom is 0.0961 e. The number of nitriles is 1. The van der Waals surface area contributed by atoms with Crippen molar-refractivity contribution >= 4 is 5.69 Å². The summed E-state index contributed by atoms with van der Waals surface area (Å²) in [7, 11) is 0. The molecule has 1 aromatic carbocycles. The van der Waals surface area contributed by atoms with Crippen molar-refractivity contribution in [2.24, 2.45) is 0 Å². The molecule has 2 aromatic rings. The van der Waals surface area contributed by atoms with Gasteiger partial charge in [0.05, 0.1) is 11.8 Å². The first-order valence-electron chi connectivity index (χ1n) is 7.96. The van der Waals surface area contributed by atoms with Gasteiger partial charge in [0, 0.05) is 40.9 Å². The number of benzene rings is 1. The third-order valence-corrected chi connectivity index (χ3v) is 4.44. The van der Waals surface area contributed by atoms with E-state index >= 15 is 0 Å². The van der Waals surface area contributed by atoms with Gasteiger partial charge in [-0.2, -0.15) is 10.4 Å². The van der Waals surface area contributed by atoms with Crippen LogP contribution in [0.15, 0.2) is 24.3 Å². The Morgan fingerprint density at radius 3 is 2.73 bits per heavy atom. The van der Waals surface area contributed by atoms with Crippen LogP contribution in [0.3, 0.4) is 0 Å². The van der Waals surface area contributed by atoms with Crippen molar-refractivity contribution in [3.63, 3.8) is 0 Å². The molecular weight excluding hydrogens is 272 g/mol. The van der Waals surface area contributed by atoms with E-state index in [1.165, 1.54) is 11.3 Å². The smallest absolute Gasteiger partial charge is 0.0961 e. The number of rotatable bonds is 3. The zero-order chi connectivity index (χ0) is 15.7. The second-order valence-corrected chi connectivity index (χ2v) is 6.32. The van der Waals surface area contributed by atoms with Crippen molar-refractivity contribution in [1.82, 2.24) is 9.78 Å². The number of nitrogens with two attached hydrogens (primary N) is 1. The van der Waals surface area contributed by atoms with Gasteiger partial charge < -0.3 is 5.73 Å². The monoisotopic (exact) mass is 294 g/mol. The third kappa shape index (κ3) is 2.48. The van der Waals surface area contributed by atoms with Crippen molar-refractivity contribution in [2.75, 3.05) is 5.73 Å². The summed E-state index contributed by atoms with van der Waals surface area (Å²) in [5.74, 6) is 0.300. The van der Waals surface area contributed by atoms with E-state index in [9.17, 15) is 0 Å². The molecule has 2 N–H and O–H groups in total. The summed E-state index contributed by atoms with van der Waals surface area (Å²) in [6, 6.07) is 10.6. The molecule has 4 heteroatoms. The highest BCUT2D eigenvalue weighted by molar-refractivity contribution is 5.67. The fourth-order valence-electron chi connectivity index (χ4n) is 3.42. The zero-order valence-electron chi connectivity index (χ0n) is 13.2. The van der Waals surface area contributed by atoms with Crippen LogP contribution >= 0.6 is 0 Å². The normalized spacial score (nSPS) is 17.3. The van der Waals surface area contributed by atoms with Gasteiger partial charge in [-0.3, -0.25) is 4.68 Å². The third-order valence-electron chi connectivity index (χ3n) is 4.44. The lowest BCUT2D eigenvalue weighted by atomic mass is 9.82. The predicted molar refractivity (Wildman–Crippen MR) is 88.4 cm³/mol. The number of nitrogens with zero attached hydrogens (tertiary/aromatic N) is 3. The van der Waals surface area contributed by atoms with Gasteiger partial charge in [-0.25, -0.2) is 0 Å². The lowest BCUT2D eigenvalue weighted by Crippen LogP contribution is -2.14. The lowest BCUT2D eigenvalue weighted by molar-refractivity contribution is 0.478. The van der Waals surface area contributed by atoms with E-state index in [-0.39, 0.29) is 0 Å². The topological polar surface area (TPSA) is 67.6 Å². The molecule has 114 valence electrons. The summed E-state index contributed by atoms with van der Waals surface area (Å²) in [5.41, 5.74) is 11.3. The Balaban J connectivity index is 2.17. The second kappa shape index (κ2) is 5.84. The molecule has 0 bridgehead atoms. The van der Waals surface area contributed by atoms with Crippen molar-refractivity contribution in [2.45, 2.75) is 51.5 Å². The van der Waals surface area contributed by atoms with Crippen molar-refractivity contribution in [3.05, 3.63) is 35.5 Å². The largest absolute Gasteiger partial charge is 0.399 e. The van der Waals surface area contributed by atoms with Gasteiger partial charge in [-0.15, -0.1) is 0 Å². The Morgan fingerprint density at radius 1 is 1.36 bits per heavy atom. The fourth-order valence-corrected chi connectivity index (χ4v) is 3.42. The molecule has 0 saturated carbocycles. The Morgan fingerprint density at radius 2 is 2.09 bits per heavy atom. The zero-order valence-corrected chi connectivity index (χ0v) is 13.2. The van der Waals surface area contributed by atoms with Gasteiger partial charge in [-0.1, -0.05) is 12.1 Å². The first kappa shape index (κ1) is 14.6. The summed E-state index contributed by atoms with van der Waals surface area (Å²) in [6.45, 7) is 4.32. The van der Waals surface area contributed by atoms with Gasteiger partial charge in [0.2, 0.25) is 0 Å². The van der Waals surface area contributed by atoms with Crippen LogP contribution in [0.2, 0.25) is 0 Å². The van der Waals surface area contributed by atoms with Crippen molar-refractivity contribution < 1.29 is 0 Å². The number of hydrogen-bond donors (Lipinski definition) is 1. The van der Waals surface area contributed by atoms with Crippen molar-refractivity contribution in [3.8, 4) is 17.3 Å². The maximum absolute atomic E-state index is 9.16. The highest BCUT2D eigenvalue weighted by Gasteiger charge is 2.29. The molecule has 0 amide bonds. The molecule has 0 fully saturated rings. The molecule has 0 radical (unpaired) electrons. The minimum absolute atomic E-state index is 0.300. The highest BCUT2D eigenvalue weighted by Crippen LogP contribution is 2.41. The summed E-state index contributed by atoms with van der Waals surface area (Å²) in [5, 5.41) is 14.1. The van der Waals surface area contributed by atoms with Crippen molar-refractivity contribution in [1.29, 1.82) is 5.26 Å². The number of fused-ring (bicyclic) bond motifs is 1. The molecule has 4 nitrogen and oxygen atoms in total. The SMILES string of the molecule is CC(C)n1nc(-c2ccc(N)cc2)c2c1CCCC2CC#N. The molecule has 1 aliphatic carbocycles. The van der Waals surface area contributed by atoms with Crippen LogP contribution in [-0.4, -0.2) is 9.78 Å². The van der Waals surface area contributed by atoms with E-state index in [2.05, 4.69) is 24.6 Å². The number of nitrogen functional groups attached to an aromatic ring is 1. The summed E-state index contributed by atoms with van der Waals surface area (Å²) in [4.78, 5) is 0. The molecule has 1 unspecified atom stereocenters. The standard InChI is InChI=1S/C18H22N4/c1-12(2)22-16-5-3-4-13(10-11-19)17(16)18(21-22)14-6-8-15(20)9-7-14/h6-9,12-13H,3-5,10,20H2,1-2H3. The van der Waals surface area contributed by atoms with Crippen LogP contribution in [0.5, 0.6) is 0 Å². The second-order valence-electron chi connectivity index (χ2n) is 6.32. The molecule has 0 spiro atoms. The summed E-state index contributed by atoms with van der Waals surface area (Å²) >= 11 is 0. The molecule has 1 aliphatic rings. The average molecular weight is 294 g/mol. The van der Waals surface area contributed by atoms with Crippen LogP contribution in [0.4, 0.5) is 5.69 Å². The van der Waals surface area contributed by atoms with Crippen LogP contribution < -0.4 is 5.73 Å². The van der Waals surface area contributed by atoms with E-state index in [1.54, 1.807) is 0 Å². The molecule has 22 heavy (non-hydrogen) atoms. The lowest BCUT2D eigenvalue weighted by Gasteiger charge is -2.23. The molecule has 0 saturated heterocycles. The quantitative estimate of drug-likeness (QED) is 0.868. The average Bonchev–Trinajstić information content (AvgIpc) is 2.89. The fraction of sp³-hybridized carbons (Fsp3) is 0.444. The summed E-state index contributed by atoms with van der Waals surface area (Å²) < 4.78 is 2.14.